The molecule has 0 bridgehead atoms. The normalized spacial score (nSPS) is 11.2. The average molecular weight is 333 g/mol. The van der Waals surface area contributed by atoms with E-state index in [0.29, 0.717) is 17.8 Å². The highest BCUT2D eigenvalue weighted by Gasteiger charge is 2.10. The number of nitrogens with one attached hydrogen (secondary N) is 1. The molecule has 1 N–H and O–H groups in total. The van der Waals surface area contributed by atoms with Crippen molar-refractivity contribution in [2.75, 3.05) is 11.6 Å². The molecule has 1 amide bonds. The van der Waals surface area contributed by atoms with E-state index in [-0.39, 0.29) is 10.9 Å². The Kier molecular flexibility index (Phi) is 5.44. The third-order valence-electron chi connectivity index (χ3n) is 3.22. The molecule has 0 aliphatic carbocycles. The molecule has 2 aromatic rings. The van der Waals surface area contributed by atoms with E-state index in [9.17, 15) is 13.2 Å². The Morgan fingerprint density at radius 1 is 1.17 bits per heavy atom. The van der Waals surface area contributed by atoms with Gasteiger partial charge in [-0.25, -0.2) is 8.42 Å². The number of anilines is 1. The number of nitrogens with zero attached hydrogens (tertiary/aromatic N) is 2. The number of carbonyl (C=O) groups excluding carboxylic acids is 1. The van der Waals surface area contributed by atoms with Crippen LogP contribution in [0, 0.1) is 0 Å². The van der Waals surface area contributed by atoms with Crippen molar-refractivity contribution in [2.24, 2.45) is 0 Å². The second-order valence-corrected chi connectivity index (χ2v) is 7.22. The highest BCUT2D eigenvalue weighted by molar-refractivity contribution is 7.90. The summed E-state index contributed by atoms with van der Waals surface area (Å²) in [6, 6.07) is 10.2. The summed E-state index contributed by atoms with van der Waals surface area (Å²) in [5.74, 6) is -0.0255. The summed E-state index contributed by atoms with van der Waals surface area (Å²) in [6.45, 7) is 2.03. The van der Waals surface area contributed by atoms with Gasteiger partial charge in [-0.3, -0.25) is 4.79 Å². The third-order valence-corrected chi connectivity index (χ3v) is 4.20. The Morgan fingerprint density at radius 2 is 1.96 bits per heavy atom. The van der Waals surface area contributed by atoms with Gasteiger partial charge in [0.2, 0.25) is 5.91 Å². The van der Waals surface area contributed by atoms with Crippen molar-refractivity contribution >= 4 is 21.4 Å². The van der Waals surface area contributed by atoms with Crippen LogP contribution < -0.4 is 5.32 Å². The summed E-state index contributed by atoms with van der Waals surface area (Å²) < 4.78 is 22.8. The van der Waals surface area contributed by atoms with Gasteiger partial charge in [0, 0.05) is 23.9 Å². The minimum Gasteiger partial charge on any atom is -0.326 e. The molecule has 0 saturated heterocycles. The third kappa shape index (κ3) is 4.85. The second kappa shape index (κ2) is 7.32. The molecule has 0 saturated carbocycles. The lowest BCUT2D eigenvalue weighted by Gasteiger charge is -2.07. The van der Waals surface area contributed by atoms with Gasteiger partial charge in [0.25, 0.3) is 0 Å². The number of aromatic nitrogens is 2. The molecule has 1 aromatic carbocycles. The lowest BCUT2D eigenvalue weighted by molar-refractivity contribution is -0.116. The lowest BCUT2D eigenvalue weighted by atomic mass is 10.1. The van der Waals surface area contributed by atoms with Crippen molar-refractivity contribution in [2.45, 2.75) is 31.2 Å². The van der Waals surface area contributed by atoms with E-state index in [2.05, 4.69) is 15.5 Å². The molecule has 122 valence electrons. The molecule has 1 aromatic heterocycles. The van der Waals surface area contributed by atoms with Crippen LogP contribution in [0.15, 0.2) is 41.4 Å². The van der Waals surface area contributed by atoms with Crippen LogP contribution in [0.4, 0.5) is 5.69 Å². The molecular weight excluding hydrogens is 314 g/mol. The smallest absolute Gasteiger partial charge is 0.224 e. The predicted octanol–water partition coefficient (Wildman–Crippen LogP) is 2.68. The van der Waals surface area contributed by atoms with Crippen molar-refractivity contribution in [3.8, 4) is 11.3 Å². The standard InChI is InChI=1S/C16H19N3O3S/c1-3-4-8-15(20)17-13-7-5-6-12(11-13)14-9-10-16(19-18-14)23(2,21)22/h5-7,9-11H,3-4,8H2,1-2H3,(H,17,20). The number of hydrogen-bond donors (Lipinski definition) is 1. The topological polar surface area (TPSA) is 89.0 Å². The van der Waals surface area contributed by atoms with Gasteiger partial charge < -0.3 is 5.32 Å². The Bertz CT molecular complexity index is 786. The van der Waals surface area contributed by atoms with E-state index in [1.165, 1.54) is 6.07 Å². The van der Waals surface area contributed by atoms with Crippen LogP contribution in [-0.4, -0.2) is 30.8 Å². The maximum absolute atomic E-state index is 11.8. The van der Waals surface area contributed by atoms with E-state index >= 15 is 0 Å². The Morgan fingerprint density at radius 3 is 2.57 bits per heavy atom. The lowest BCUT2D eigenvalue weighted by Crippen LogP contribution is -2.10. The maximum atomic E-state index is 11.8. The SMILES string of the molecule is CCCCC(=O)Nc1cccc(-c2ccc(S(C)(=O)=O)nn2)c1. The first kappa shape index (κ1) is 17.1. The van der Waals surface area contributed by atoms with E-state index in [0.717, 1.165) is 24.7 Å². The van der Waals surface area contributed by atoms with Crippen LogP contribution in [0.3, 0.4) is 0 Å². The molecule has 0 fully saturated rings. The molecular formula is C16H19N3O3S. The summed E-state index contributed by atoms with van der Waals surface area (Å²) in [4.78, 5) is 11.8. The zero-order valence-electron chi connectivity index (χ0n) is 13.1. The van der Waals surface area contributed by atoms with Crippen LogP contribution in [0.2, 0.25) is 0 Å². The van der Waals surface area contributed by atoms with Gasteiger partial charge >= 0.3 is 0 Å². The molecule has 23 heavy (non-hydrogen) atoms. The molecule has 7 heteroatoms. The summed E-state index contributed by atoms with van der Waals surface area (Å²) in [7, 11) is -3.37. The van der Waals surface area contributed by atoms with E-state index < -0.39 is 9.84 Å². The number of amides is 1. The molecule has 0 atom stereocenters. The van der Waals surface area contributed by atoms with Gasteiger partial charge in [0.05, 0.1) is 5.69 Å². The molecule has 0 spiro atoms. The number of rotatable bonds is 6. The first-order chi connectivity index (χ1) is 10.9. The van der Waals surface area contributed by atoms with Crippen molar-refractivity contribution in [1.29, 1.82) is 0 Å². The van der Waals surface area contributed by atoms with Crippen LogP contribution in [0.1, 0.15) is 26.2 Å². The van der Waals surface area contributed by atoms with Gasteiger partial charge in [0.15, 0.2) is 14.9 Å². The zero-order valence-corrected chi connectivity index (χ0v) is 13.9. The first-order valence-corrected chi connectivity index (χ1v) is 9.23. The number of unbranched alkanes of at least 4 members (excludes halogenated alkanes) is 1. The molecule has 0 radical (unpaired) electrons. The minimum absolute atomic E-state index is 0.0255. The highest BCUT2D eigenvalue weighted by Crippen LogP contribution is 2.21. The predicted molar refractivity (Wildman–Crippen MR) is 88.7 cm³/mol. The van der Waals surface area contributed by atoms with E-state index in [1.54, 1.807) is 24.3 Å². The summed E-state index contributed by atoms with van der Waals surface area (Å²) >= 11 is 0. The fraction of sp³-hybridized carbons (Fsp3) is 0.312. The Hall–Kier alpha value is -2.28. The van der Waals surface area contributed by atoms with E-state index in [4.69, 9.17) is 0 Å². The van der Waals surface area contributed by atoms with Gasteiger partial charge in [0.1, 0.15) is 0 Å². The number of sulfone groups is 1. The van der Waals surface area contributed by atoms with Crippen molar-refractivity contribution in [1.82, 2.24) is 10.2 Å². The van der Waals surface area contributed by atoms with Gasteiger partial charge in [-0.05, 0) is 30.7 Å². The fourth-order valence-electron chi connectivity index (χ4n) is 1.99. The molecule has 0 aliphatic heterocycles. The summed E-state index contributed by atoms with van der Waals surface area (Å²) in [5, 5.41) is 10.5. The highest BCUT2D eigenvalue weighted by atomic mass is 32.2. The van der Waals surface area contributed by atoms with Gasteiger partial charge in [-0.2, -0.15) is 0 Å². The first-order valence-electron chi connectivity index (χ1n) is 7.34. The average Bonchev–Trinajstić information content (AvgIpc) is 2.52. The van der Waals surface area contributed by atoms with E-state index in [1.807, 2.05) is 13.0 Å². The maximum Gasteiger partial charge on any atom is 0.224 e. The van der Waals surface area contributed by atoms with Crippen LogP contribution in [0.5, 0.6) is 0 Å². The van der Waals surface area contributed by atoms with Crippen LogP contribution in [-0.2, 0) is 14.6 Å². The zero-order chi connectivity index (χ0) is 16.9. The molecule has 6 nitrogen and oxygen atoms in total. The number of carbonyl (C=O) groups is 1. The van der Waals surface area contributed by atoms with Gasteiger partial charge in [-0.1, -0.05) is 25.5 Å². The van der Waals surface area contributed by atoms with Crippen LogP contribution in [0.25, 0.3) is 11.3 Å². The largest absolute Gasteiger partial charge is 0.326 e. The van der Waals surface area contributed by atoms with Crippen LogP contribution >= 0.6 is 0 Å². The molecule has 2 rings (SSSR count). The van der Waals surface area contributed by atoms with Crippen molar-refractivity contribution in [3.05, 3.63) is 36.4 Å². The second-order valence-electron chi connectivity index (χ2n) is 5.26. The molecule has 0 unspecified atom stereocenters. The Labute approximate surface area is 135 Å². The molecule has 1 heterocycles. The number of benzene rings is 1. The summed E-state index contributed by atoms with van der Waals surface area (Å²) in [5.41, 5.74) is 1.98. The minimum atomic E-state index is -3.37. The van der Waals surface area contributed by atoms with Crippen molar-refractivity contribution < 1.29 is 13.2 Å². The monoisotopic (exact) mass is 333 g/mol. The van der Waals surface area contributed by atoms with Gasteiger partial charge in [-0.15, -0.1) is 10.2 Å². The van der Waals surface area contributed by atoms with Crippen molar-refractivity contribution in [3.63, 3.8) is 0 Å². The fourth-order valence-corrected chi connectivity index (χ4v) is 2.49. The number of hydrogen-bond acceptors (Lipinski definition) is 5. The quantitative estimate of drug-likeness (QED) is 0.878. The summed E-state index contributed by atoms with van der Waals surface area (Å²) in [6.07, 6.45) is 3.40. The molecule has 0 aliphatic rings. The Balaban J connectivity index is 2.18.